The number of halogens is 2. The first-order valence-corrected chi connectivity index (χ1v) is 6.19. The third-order valence-corrected chi connectivity index (χ3v) is 3.61. The van der Waals surface area contributed by atoms with Gasteiger partial charge in [0.05, 0.1) is 16.6 Å². The van der Waals surface area contributed by atoms with Gasteiger partial charge in [-0.3, -0.25) is 0 Å². The fraction of sp³-hybridized carbons (Fsp3) is 0.500. The molecule has 0 fully saturated rings. The van der Waals surface area contributed by atoms with Crippen LogP contribution in [0.2, 0.25) is 0 Å². The third-order valence-electron chi connectivity index (χ3n) is 2.97. The molecule has 0 heterocycles. The minimum atomic E-state index is -0.648. The van der Waals surface area contributed by atoms with Crippen LogP contribution in [0.1, 0.15) is 31.9 Å². The zero-order chi connectivity index (χ0) is 12.3. The summed E-state index contributed by atoms with van der Waals surface area (Å²) in [5, 5.41) is 19.8. The first-order valence-electron chi connectivity index (χ1n) is 5.40. The molecule has 0 saturated heterocycles. The molecule has 0 aromatic heterocycles. The van der Waals surface area contributed by atoms with Gasteiger partial charge >= 0.3 is 0 Å². The van der Waals surface area contributed by atoms with Gasteiger partial charge in [0.2, 0.25) is 0 Å². The quantitative estimate of drug-likeness (QED) is 0.797. The van der Waals surface area contributed by atoms with E-state index < -0.39 is 12.1 Å². The van der Waals surface area contributed by atoms with Crippen molar-refractivity contribution in [3.63, 3.8) is 0 Å². The Labute approximate surface area is 117 Å². The summed E-state index contributed by atoms with van der Waals surface area (Å²) in [6.07, 6.45) is 0.203. The summed E-state index contributed by atoms with van der Waals surface area (Å²) in [5.41, 5.74) is 6.53. The largest absolute Gasteiger partial charge is 0.506 e. The SMILES string of the molecule is CCC(C)[C@H](O)[C@H](N)c1cccc(Br)c1O.Cl. The van der Waals surface area contributed by atoms with Gasteiger partial charge in [-0.2, -0.15) is 0 Å². The maximum atomic E-state index is 10.0. The molecule has 98 valence electrons. The molecule has 0 spiro atoms. The third kappa shape index (κ3) is 3.85. The lowest BCUT2D eigenvalue weighted by molar-refractivity contribution is 0.0870. The van der Waals surface area contributed by atoms with E-state index in [4.69, 9.17) is 5.73 Å². The predicted octanol–water partition coefficient (Wildman–Crippen LogP) is 2.98. The molecule has 5 heteroatoms. The molecule has 0 aliphatic heterocycles. The van der Waals surface area contributed by atoms with Gasteiger partial charge in [-0.25, -0.2) is 0 Å². The average Bonchev–Trinajstić information content (AvgIpc) is 2.29. The Morgan fingerprint density at radius 3 is 2.53 bits per heavy atom. The predicted molar refractivity (Wildman–Crippen MR) is 75.4 cm³/mol. The molecular formula is C12H19BrClNO2. The zero-order valence-corrected chi connectivity index (χ0v) is 12.3. The van der Waals surface area contributed by atoms with Crippen LogP contribution >= 0.6 is 28.3 Å². The molecule has 0 aliphatic rings. The highest BCUT2D eigenvalue weighted by molar-refractivity contribution is 9.10. The van der Waals surface area contributed by atoms with E-state index in [2.05, 4.69) is 15.9 Å². The molecule has 3 atom stereocenters. The van der Waals surface area contributed by atoms with Crippen molar-refractivity contribution in [2.75, 3.05) is 0 Å². The molecule has 0 amide bonds. The van der Waals surface area contributed by atoms with Crippen LogP contribution in [-0.2, 0) is 0 Å². The summed E-state index contributed by atoms with van der Waals surface area (Å²) in [7, 11) is 0. The summed E-state index contributed by atoms with van der Waals surface area (Å²) >= 11 is 3.23. The van der Waals surface area contributed by atoms with E-state index in [0.29, 0.717) is 10.0 Å². The van der Waals surface area contributed by atoms with E-state index in [0.717, 1.165) is 6.42 Å². The second kappa shape index (κ2) is 7.21. The van der Waals surface area contributed by atoms with E-state index in [1.54, 1.807) is 18.2 Å². The van der Waals surface area contributed by atoms with Gasteiger partial charge in [-0.05, 0) is 27.9 Å². The highest BCUT2D eigenvalue weighted by atomic mass is 79.9. The lowest BCUT2D eigenvalue weighted by Crippen LogP contribution is -2.31. The molecule has 3 nitrogen and oxygen atoms in total. The number of hydrogen-bond donors (Lipinski definition) is 3. The number of benzene rings is 1. The zero-order valence-electron chi connectivity index (χ0n) is 9.93. The lowest BCUT2D eigenvalue weighted by atomic mass is 9.91. The lowest BCUT2D eigenvalue weighted by Gasteiger charge is -2.25. The molecule has 1 unspecified atom stereocenters. The Kier molecular flexibility index (Phi) is 7.09. The Morgan fingerprint density at radius 2 is 2.00 bits per heavy atom. The molecule has 1 aromatic carbocycles. The van der Waals surface area contributed by atoms with E-state index in [-0.39, 0.29) is 24.1 Å². The van der Waals surface area contributed by atoms with Crippen LogP contribution in [0.5, 0.6) is 5.75 Å². The first kappa shape index (κ1) is 16.7. The Balaban J connectivity index is 0.00000256. The normalized spacial score (nSPS) is 15.8. The molecule has 4 N–H and O–H groups in total. The maximum Gasteiger partial charge on any atom is 0.134 e. The molecule has 0 bridgehead atoms. The van der Waals surface area contributed by atoms with Gasteiger partial charge in [0.1, 0.15) is 5.75 Å². The fourth-order valence-electron chi connectivity index (χ4n) is 1.58. The van der Waals surface area contributed by atoms with Gasteiger partial charge in [-0.1, -0.05) is 32.4 Å². The number of phenolic OH excluding ortho intramolecular Hbond substituents is 1. The van der Waals surface area contributed by atoms with Crippen molar-refractivity contribution < 1.29 is 10.2 Å². The van der Waals surface area contributed by atoms with Gasteiger partial charge < -0.3 is 15.9 Å². The standard InChI is InChI=1S/C12H18BrNO2.ClH/c1-3-7(2)11(15)10(14)8-5-4-6-9(13)12(8)16;/h4-7,10-11,15-16H,3,14H2,1-2H3;1H/t7?,10-,11+;/m1./s1. The second-order valence-corrected chi connectivity index (χ2v) is 4.93. The Bertz CT molecular complexity index is 362. The summed E-state index contributed by atoms with van der Waals surface area (Å²) < 4.78 is 0.594. The van der Waals surface area contributed by atoms with Crippen LogP contribution in [0.4, 0.5) is 0 Å². The summed E-state index contributed by atoms with van der Waals surface area (Å²) in [4.78, 5) is 0. The molecule has 1 aromatic rings. The van der Waals surface area contributed by atoms with E-state index >= 15 is 0 Å². The fourth-order valence-corrected chi connectivity index (χ4v) is 1.96. The first-order chi connectivity index (χ1) is 7.49. The van der Waals surface area contributed by atoms with Crippen LogP contribution in [0, 0.1) is 5.92 Å². The highest BCUT2D eigenvalue weighted by Crippen LogP contribution is 2.33. The van der Waals surface area contributed by atoms with Crippen molar-refractivity contribution in [1.29, 1.82) is 0 Å². The minimum absolute atomic E-state index is 0. The van der Waals surface area contributed by atoms with E-state index in [9.17, 15) is 10.2 Å². The molecule has 0 aliphatic carbocycles. The number of rotatable bonds is 4. The molecule has 1 rings (SSSR count). The average molecular weight is 325 g/mol. The van der Waals surface area contributed by atoms with Crippen LogP contribution in [0.3, 0.4) is 0 Å². The number of aliphatic hydroxyl groups is 1. The van der Waals surface area contributed by atoms with Crippen molar-refractivity contribution >= 4 is 28.3 Å². The van der Waals surface area contributed by atoms with Crippen molar-refractivity contribution in [1.82, 2.24) is 0 Å². The molecule has 0 saturated carbocycles. The number of aliphatic hydroxyl groups excluding tert-OH is 1. The van der Waals surface area contributed by atoms with E-state index in [1.807, 2.05) is 13.8 Å². The Morgan fingerprint density at radius 1 is 1.41 bits per heavy atom. The molecular weight excluding hydrogens is 305 g/mol. The topological polar surface area (TPSA) is 66.5 Å². The number of nitrogens with two attached hydrogens (primary N) is 1. The minimum Gasteiger partial charge on any atom is -0.506 e. The van der Waals surface area contributed by atoms with Gasteiger partial charge in [0, 0.05) is 5.56 Å². The van der Waals surface area contributed by atoms with Crippen LogP contribution < -0.4 is 5.73 Å². The second-order valence-electron chi connectivity index (χ2n) is 4.08. The van der Waals surface area contributed by atoms with E-state index in [1.165, 1.54) is 0 Å². The van der Waals surface area contributed by atoms with Crippen molar-refractivity contribution in [2.24, 2.45) is 11.7 Å². The number of hydrogen-bond acceptors (Lipinski definition) is 3. The van der Waals surface area contributed by atoms with Crippen molar-refractivity contribution in [3.05, 3.63) is 28.2 Å². The van der Waals surface area contributed by atoms with Crippen molar-refractivity contribution in [2.45, 2.75) is 32.4 Å². The number of aromatic hydroxyl groups is 1. The number of para-hydroxylation sites is 1. The van der Waals surface area contributed by atoms with Crippen molar-refractivity contribution in [3.8, 4) is 5.75 Å². The monoisotopic (exact) mass is 323 g/mol. The molecule has 17 heavy (non-hydrogen) atoms. The number of phenols is 1. The van der Waals surface area contributed by atoms with Gasteiger partial charge in [-0.15, -0.1) is 12.4 Å². The van der Waals surface area contributed by atoms with Gasteiger partial charge in [0.15, 0.2) is 0 Å². The van der Waals surface area contributed by atoms with Crippen LogP contribution in [0.25, 0.3) is 0 Å². The van der Waals surface area contributed by atoms with Crippen LogP contribution in [-0.4, -0.2) is 16.3 Å². The summed E-state index contributed by atoms with van der Waals surface area (Å²) in [6.45, 7) is 3.95. The summed E-state index contributed by atoms with van der Waals surface area (Å²) in [5.74, 6) is 0.214. The highest BCUT2D eigenvalue weighted by Gasteiger charge is 2.24. The Hall–Kier alpha value is -0.290. The summed E-state index contributed by atoms with van der Waals surface area (Å²) in [6, 6.07) is 4.70. The maximum absolute atomic E-state index is 10.0. The smallest absolute Gasteiger partial charge is 0.134 e. The van der Waals surface area contributed by atoms with Gasteiger partial charge in [0.25, 0.3) is 0 Å². The molecule has 0 radical (unpaired) electrons. The van der Waals surface area contributed by atoms with Crippen LogP contribution in [0.15, 0.2) is 22.7 Å².